The van der Waals surface area contributed by atoms with Crippen molar-refractivity contribution in [3.63, 3.8) is 0 Å². The summed E-state index contributed by atoms with van der Waals surface area (Å²) in [5.74, 6) is 0.904. The summed E-state index contributed by atoms with van der Waals surface area (Å²) in [4.78, 5) is 0. The van der Waals surface area contributed by atoms with Gasteiger partial charge in [-0.15, -0.1) is 0 Å². The quantitative estimate of drug-likeness (QED) is 0.816. The Hall–Kier alpha value is -0.730. The number of hydrogen-bond acceptors (Lipinski definition) is 2. The topological polar surface area (TPSA) is 35.2 Å². The molecule has 0 aromatic heterocycles. The van der Waals surface area contributed by atoms with E-state index in [1.807, 2.05) is 18.2 Å². The summed E-state index contributed by atoms with van der Waals surface area (Å²) in [7, 11) is 0. The van der Waals surface area contributed by atoms with Gasteiger partial charge in [0.15, 0.2) is 0 Å². The Kier molecular flexibility index (Phi) is 4.77. The Labute approximate surface area is 90.0 Å². The fourth-order valence-electron chi connectivity index (χ4n) is 1.25. The Morgan fingerprint density at radius 1 is 1.43 bits per heavy atom. The van der Waals surface area contributed by atoms with Crippen molar-refractivity contribution in [2.75, 3.05) is 13.2 Å². The van der Waals surface area contributed by atoms with Crippen molar-refractivity contribution in [1.82, 2.24) is 0 Å². The first-order valence-electron chi connectivity index (χ1n) is 4.89. The molecule has 0 saturated carbocycles. The first-order valence-corrected chi connectivity index (χ1v) is 5.27. The predicted octanol–water partition coefficient (Wildman–Crippen LogP) is 2.63. The van der Waals surface area contributed by atoms with E-state index in [4.69, 9.17) is 22.1 Å². The standard InChI is InChI=1S/C11H16ClNO/c1-2-7-14-11-4-3-10(12)8-9(11)5-6-13/h3-4,8H,2,5-7,13H2,1H3. The van der Waals surface area contributed by atoms with E-state index in [0.717, 1.165) is 35.8 Å². The zero-order valence-corrected chi connectivity index (χ0v) is 9.18. The molecule has 0 bridgehead atoms. The van der Waals surface area contributed by atoms with Gasteiger partial charge in [-0.1, -0.05) is 18.5 Å². The highest BCUT2D eigenvalue weighted by molar-refractivity contribution is 6.30. The van der Waals surface area contributed by atoms with Gasteiger partial charge in [0.05, 0.1) is 6.61 Å². The van der Waals surface area contributed by atoms with E-state index in [1.165, 1.54) is 0 Å². The first-order chi connectivity index (χ1) is 6.77. The van der Waals surface area contributed by atoms with E-state index in [1.54, 1.807) is 0 Å². The SMILES string of the molecule is CCCOc1ccc(Cl)cc1CCN. The molecule has 1 rings (SSSR count). The summed E-state index contributed by atoms with van der Waals surface area (Å²) in [5, 5.41) is 0.734. The Morgan fingerprint density at radius 2 is 2.21 bits per heavy atom. The molecule has 14 heavy (non-hydrogen) atoms. The van der Waals surface area contributed by atoms with Gasteiger partial charge >= 0.3 is 0 Å². The van der Waals surface area contributed by atoms with Gasteiger partial charge in [-0.25, -0.2) is 0 Å². The third kappa shape index (κ3) is 3.20. The van der Waals surface area contributed by atoms with Crippen LogP contribution in [0.2, 0.25) is 5.02 Å². The van der Waals surface area contributed by atoms with Crippen molar-refractivity contribution in [3.05, 3.63) is 28.8 Å². The molecule has 2 nitrogen and oxygen atoms in total. The molecular weight excluding hydrogens is 198 g/mol. The lowest BCUT2D eigenvalue weighted by Gasteiger charge is -2.10. The van der Waals surface area contributed by atoms with Crippen molar-refractivity contribution < 1.29 is 4.74 Å². The van der Waals surface area contributed by atoms with E-state index in [2.05, 4.69) is 6.92 Å². The van der Waals surface area contributed by atoms with Crippen LogP contribution in [0.5, 0.6) is 5.75 Å². The molecule has 78 valence electrons. The number of nitrogens with two attached hydrogens (primary N) is 1. The Morgan fingerprint density at radius 3 is 2.86 bits per heavy atom. The molecule has 0 unspecified atom stereocenters. The summed E-state index contributed by atoms with van der Waals surface area (Å²) in [5.41, 5.74) is 6.60. The first kappa shape index (κ1) is 11.3. The van der Waals surface area contributed by atoms with Crippen LogP contribution in [-0.2, 0) is 6.42 Å². The number of ether oxygens (including phenoxy) is 1. The largest absolute Gasteiger partial charge is 0.493 e. The van der Waals surface area contributed by atoms with Gasteiger partial charge in [0.1, 0.15) is 5.75 Å². The van der Waals surface area contributed by atoms with Crippen molar-refractivity contribution in [1.29, 1.82) is 0 Å². The molecule has 0 spiro atoms. The Bertz CT molecular complexity index is 289. The van der Waals surface area contributed by atoms with Crippen molar-refractivity contribution in [2.24, 2.45) is 5.73 Å². The molecule has 0 heterocycles. The molecule has 1 aromatic rings. The molecule has 3 heteroatoms. The van der Waals surface area contributed by atoms with E-state index in [-0.39, 0.29) is 0 Å². The zero-order valence-electron chi connectivity index (χ0n) is 8.42. The molecule has 2 N–H and O–H groups in total. The van der Waals surface area contributed by atoms with Crippen LogP contribution in [0.15, 0.2) is 18.2 Å². The molecule has 0 aliphatic rings. The van der Waals surface area contributed by atoms with Gasteiger partial charge in [-0.05, 0) is 43.1 Å². The van der Waals surface area contributed by atoms with Crippen LogP contribution in [0.1, 0.15) is 18.9 Å². The molecule has 0 aliphatic carbocycles. The number of halogens is 1. The monoisotopic (exact) mass is 213 g/mol. The highest BCUT2D eigenvalue weighted by Gasteiger charge is 2.03. The van der Waals surface area contributed by atoms with Crippen molar-refractivity contribution >= 4 is 11.6 Å². The smallest absolute Gasteiger partial charge is 0.122 e. The van der Waals surface area contributed by atoms with Crippen LogP contribution in [-0.4, -0.2) is 13.2 Å². The van der Waals surface area contributed by atoms with Crippen LogP contribution in [0.3, 0.4) is 0 Å². The van der Waals surface area contributed by atoms with Gasteiger partial charge < -0.3 is 10.5 Å². The third-order valence-electron chi connectivity index (χ3n) is 1.90. The van der Waals surface area contributed by atoms with Gasteiger partial charge in [-0.2, -0.15) is 0 Å². The molecule has 0 amide bonds. The summed E-state index contributed by atoms with van der Waals surface area (Å²) >= 11 is 5.89. The second-order valence-electron chi connectivity index (χ2n) is 3.14. The minimum absolute atomic E-state index is 0.614. The maximum absolute atomic E-state index is 5.89. The highest BCUT2D eigenvalue weighted by Crippen LogP contribution is 2.23. The summed E-state index contributed by atoms with van der Waals surface area (Å²) in [6.07, 6.45) is 1.81. The third-order valence-corrected chi connectivity index (χ3v) is 2.13. The van der Waals surface area contributed by atoms with Gasteiger partial charge in [0.25, 0.3) is 0 Å². The molecule has 0 radical (unpaired) electrons. The fraction of sp³-hybridized carbons (Fsp3) is 0.455. The van der Waals surface area contributed by atoms with Gasteiger partial charge in [-0.3, -0.25) is 0 Å². The maximum atomic E-state index is 5.89. The average Bonchev–Trinajstić information content (AvgIpc) is 2.17. The summed E-state index contributed by atoms with van der Waals surface area (Å²) in [6, 6.07) is 5.66. The number of benzene rings is 1. The average molecular weight is 214 g/mol. The van der Waals surface area contributed by atoms with Crippen LogP contribution >= 0.6 is 11.6 Å². The van der Waals surface area contributed by atoms with E-state index in [9.17, 15) is 0 Å². The number of hydrogen-bond donors (Lipinski definition) is 1. The van der Waals surface area contributed by atoms with Crippen molar-refractivity contribution in [2.45, 2.75) is 19.8 Å². The lowest BCUT2D eigenvalue weighted by molar-refractivity contribution is 0.314. The molecule has 1 aromatic carbocycles. The van der Waals surface area contributed by atoms with Crippen LogP contribution < -0.4 is 10.5 Å². The Balaban J connectivity index is 2.78. The summed E-state index contributed by atoms with van der Waals surface area (Å²) in [6.45, 7) is 3.43. The molecule has 0 aliphatic heterocycles. The molecular formula is C11H16ClNO. The van der Waals surface area contributed by atoms with E-state index in [0.29, 0.717) is 6.54 Å². The molecule has 0 atom stereocenters. The molecule has 0 fully saturated rings. The second kappa shape index (κ2) is 5.89. The van der Waals surface area contributed by atoms with Crippen molar-refractivity contribution in [3.8, 4) is 5.75 Å². The van der Waals surface area contributed by atoms with Gasteiger partial charge in [0.2, 0.25) is 0 Å². The summed E-state index contributed by atoms with van der Waals surface area (Å²) < 4.78 is 5.58. The number of rotatable bonds is 5. The zero-order chi connectivity index (χ0) is 10.4. The minimum Gasteiger partial charge on any atom is -0.493 e. The predicted molar refractivity (Wildman–Crippen MR) is 60.0 cm³/mol. The fourth-order valence-corrected chi connectivity index (χ4v) is 1.45. The second-order valence-corrected chi connectivity index (χ2v) is 3.58. The highest BCUT2D eigenvalue weighted by atomic mass is 35.5. The maximum Gasteiger partial charge on any atom is 0.122 e. The lowest BCUT2D eigenvalue weighted by Crippen LogP contribution is -2.05. The minimum atomic E-state index is 0.614. The lowest BCUT2D eigenvalue weighted by atomic mass is 10.1. The molecule has 0 saturated heterocycles. The van der Waals surface area contributed by atoms with Crippen LogP contribution in [0, 0.1) is 0 Å². The van der Waals surface area contributed by atoms with Gasteiger partial charge in [0, 0.05) is 5.02 Å². The van der Waals surface area contributed by atoms with E-state index < -0.39 is 0 Å². The van der Waals surface area contributed by atoms with E-state index >= 15 is 0 Å². The van der Waals surface area contributed by atoms with Crippen LogP contribution in [0.4, 0.5) is 0 Å². The normalized spacial score (nSPS) is 10.2. The van der Waals surface area contributed by atoms with Crippen LogP contribution in [0.25, 0.3) is 0 Å².